The molecule has 0 unspecified atom stereocenters. The van der Waals surface area contributed by atoms with Crippen LogP contribution in [-0.4, -0.2) is 29.0 Å². The first-order chi connectivity index (χ1) is 9.02. The number of aromatic amines is 1. The van der Waals surface area contributed by atoms with Gasteiger partial charge in [0.2, 0.25) is 5.91 Å². The van der Waals surface area contributed by atoms with Gasteiger partial charge in [-0.1, -0.05) is 0 Å². The van der Waals surface area contributed by atoms with Crippen molar-refractivity contribution in [2.24, 2.45) is 5.73 Å². The Morgan fingerprint density at radius 3 is 2.84 bits per heavy atom. The van der Waals surface area contributed by atoms with Gasteiger partial charge in [0, 0.05) is 6.54 Å². The molecule has 0 atom stereocenters. The van der Waals surface area contributed by atoms with E-state index in [4.69, 9.17) is 11.5 Å². The molecule has 2 rings (SSSR count). The van der Waals surface area contributed by atoms with Crippen molar-refractivity contribution in [3.63, 3.8) is 0 Å². The Balaban J connectivity index is 2.57. The number of hydrogen-bond donors (Lipinski definition) is 3. The standard InChI is InChI=1S/C12H15N5O2/c1-2-17(5-11(14)18)10-4-9-7(3-8(10)13)12(19)16-6-15-9/h3-4,6H,2,5,13H2,1H3,(H2,14,18)(H,15,16,19). The van der Waals surface area contributed by atoms with E-state index in [0.29, 0.717) is 28.8 Å². The number of benzene rings is 1. The number of fused-ring (bicyclic) bond motifs is 1. The summed E-state index contributed by atoms with van der Waals surface area (Å²) in [5, 5.41) is 0.416. The lowest BCUT2D eigenvalue weighted by Gasteiger charge is -2.23. The molecule has 1 aromatic carbocycles. The minimum absolute atomic E-state index is 0.0649. The first kappa shape index (κ1) is 12.9. The molecule has 0 bridgehead atoms. The summed E-state index contributed by atoms with van der Waals surface area (Å²) in [5.74, 6) is -0.444. The van der Waals surface area contributed by atoms with Crippen LogP contribution in [0.2, 0.25) is 0 Å². The largest absolute Gasteiger partial charge is 0.397 e. The lowest BCUT2D eigenvalue weighted by Crippen LogP contribution is -2.34. The van der Waals surface area contributed by atoms with E-state index in [9.17, 15) is 9.59 Å². The molecule has 0 saturated heterocycles. The molecular weight excluding hydrogens is 246 g/mol. The van der Waals surface area contributed by atoms with Crippen molar-refractivity contribution in [2.75, 3.05) is 23.7 Å². The lowest BCUT2D eigenvalue weighted by molar-refractivity contribution is -0.116. The Morgan fingerprint density at radius 1 is 1.47 bits per heavy atom. The van der Waals surface area contributed by atoms with Gasteiger partial charge in [-0.3, -0.25) is 9.59 Å². The summed E-state index contributed by atoms with van der Waals surface area (Å²) in [6.45, 7) is 2.52. The number of nitrogens with zero attached hydrogens (tertiary/aromatic N) is 2. The highest BCUT2D eigenvalue weighted by Gasteiger charge is 2.13. The zero-order valence-electron chi connectivity index (χ0n) is 10.5. The minimum Gasteiger partial charge on any atom is -0.397 e. The van der Waals surface area contributed by atoms with Crippen LogP contribution in [-0.2, 0) is 4.79 Å². The fourth-order valence-electron chi connectivity index (χ4n) is 1.95. The predicted molar refractivity (Wildman–Crippen MR) is 73.9 cm³/mol. The number of rotatable bonds is 4. The highest BCUT2D eigenvalue weighted by atomic mass is 16.1. The molecule has 7 heteroatoms. The fourth-order valence-corrected chi connectivity index (χ4v) is 1.95. The van der Waals surface area contributed by atoms with E-state index in [-0.39, 0.29) is 12.1 Å². The molecule has 5 N–H and O–H groups in total. The van der Waals surface area contributed by atoms with Crippen molar-refractivity contribution in [3.8, 4) is 0 Å². The van der Waals surface area contributed by atoms with Crippen LogP contribution in [0.25, 0.3) is 10.9 Å². The summed E-state index contributed by atoms with van der Waals surface area (Å²) in [7, 11) is 0. The number of nitrogen functional groups attached to an aromatic ring is 1. The number of nitrogens with two attached hydrogens (primary N) is 2. The smallest absolute Gasteiger partial charge is 0.258 e. The van der Waals surface area contributed by atoms with Gasteiger partial charge in [0.15, 0.2) is 0 Å². The fraction of sp³-hybridized carbons (Fsp3) is 0.250. The maximum Gasteiger partial charge on any atom is 0.258 e. The second kappa shape index (κ2) is 4.97. The van der Waals surface area contributed by atoms with Crippen molar-refractivity contribution >= 4 is 28.2 Å². The van der Waals surface area contributed by atoms with Crippen LogP contribution in [0.3, 0.4) is 0 Å². The van der Waals surface area contributed by atoms with Gasteiger partial charge in [-0.25, -0.2) is 4.98 Å². The van der Waals surface area contributed by atoms with Crippen molar-refractivity contribution in [2.45, 2.75) is 6.92 Å². The molecule has 100 valence electrons. The summed E-state index contributed by atoms with van der Waals surface area (Å²) in [5.41, 5.74) is 12.5. The number of carbonyl (C=O) groups excluding carboxylic acids is 1. The van der Waals surface area contributed by atoms with Gasteiger partial charge in [-0.05, 0) is 19.1 Å². The maximum absolute atomic E-state index is 11.6. The van der Waals surface area contributed by atoms with Crippen LogP contribution in [0, 0.1) is 0 Å². The van der Waals surface area contributed by atoms with Gasteiger partial charge in [0.1, 0.15) is 0 Å². The van der Waals surface area contributed by atoms with Crippen LogP contribution in [0.1, 0.15) is 6.92 Å². The van der Waals surface area contributed by atoms with Crippen molar-refractivity contribution < 1.29 is 4.79 Å². The van der Waals surface area contributed by atoms with Gasteiger partial charge >= 0.3 is 0 Å². The van der Waals surface area contributed by atoms with E-state index in [0.717, 1.165) is 0 Å². The topological polar surface area (TPSA) is 118 Å². The molecule has 0 fully saturated rings. The summed E-state index contributed by atoms with van der Waals surface area (Å²) >= 11 is 0. The van der Waals surface area contributed by atoms with Crippen molar-refractivity contribution in [3.05, 3.63) is 28.8 Å². The molecule has 0 saturated carbocycles. The minimum atomic E-state index is -0.444. The summed E-state index contributed by atoms with van der Waals surface area (Å²) in [4.78, 5) is 31.0. The Morgan fingerprint density at radius 2 is 2.21 bits per heavy atom. The molecule has 19 heavy (non-hydrogen) atoms. The molecule has 1 aromatic heterocycles. The number of hydrogen-bond acceptors (Lipinski definition) is 5. The Labute approximate surface area is 109 Å². The number of likely N-dealkylation sites (N-methyl/N-ethyl adjacent to an activating group) is 1. The molecule has 7 nitrogen and oxygen atoms in total. The third-order valence-corrected chi connectivity index (χ3v) is 2.86. The van der Waals surface area contributed by atoms with Gasteiger partial charge in [0.05, 0.1) is 35.1 Å². The highest BCUT2D eigenvalue weighted by molar-refractivity contribution is 5.90. The van der Waals surface area contributed by atoms with Crippen molar-refractivity contribution in [1.82, 2.24) is 9.97 Å². The van der Waals surface area contributed by atoms with E-state index in [1.807, 2.05) is 6.92 Å². The van der Waals surface area contributed by atoms with E-state index >= 15 is 0 Å². The zero-order chi connectivity index (χ0) is 14.0. The molecule has 1 heterocycles. The molecule has 0 aliphatic carbocycles. The SMILES string of the molecule is CCN(CC(N)=O)c1cc2nc[nH]c(=O)c2cc1N. The molecule has 0 radical (unpaired) electrons. The summed E-state index contributed by atoms with van der Waals surface area (Å²) in [6.07, 6.45) is 1.33. The summed E-state index contributed by atoms with van der Waals surface area (Å²) < 4.78 is 0. The number of anilines is 2. The number of carbonyl (C=O) groups is 1. The normalized spacial score (nSPS) is 10.6. The molecule has 2 aromatic rings. The number of H-pyrrole nitrogens is 1. The summed E-state index contributed by atoms with van der Waals surface area (Å²) in [6, 6.07) is 3.24. The lowest BCUT2D eigenvalue weighted by atomic mass is 10.1. The van der Waals surface area contributed by atoms with Gasteiger partial charge in [-0.2, -0.15) is 0 Å². The molecular formula is C12H15N5O2. The number of amides is 1. The predicted octanol–water partition coefficient (Wildman–Crippen LogP) is -0.183. The van der Waals surface area contributed by atoms with Gasteiger partial charge in [-0.15, -0.1) is 0 Å². The monoisotopic (exact) mass is 261 g/mol. The van der Waals surface area contributed by atoms with Crippen LogP contribution in [0.5, 0.6) is 0 Å². The zero-order valence-corrected chi connectivity index (χ0v) is 10.5. The van der Waals surface area contributed by atoms with Crippen LogP contribution in [0.4, 0.5) is 11.4 Å². The number of nitrogens with one attached hydrogen (secondary N) is 1. The van der Waals surface area contributed by atoms with E-state index in [1.54, 1.807) is 17.0 Å². The van der Waals surface area contributed by atoms with E-state index in [1.165, 1.54) is 6.33 Å². The highest BCUT2D eigenvalue weighted by Crippen LogP contribution is 2.26. The average Bonchev–Trinajstić information content (AvgIpc) is 2.36. The Bertz CT molecular complexity index is 679. The second-order valence-electron chi connectivity index (χ2n) is 4.14. The molecule has 1 amide bonds. The number of aromatic nitrogens is 2. The average molecular weight is 261 g/mol. The third-order valence-electron chi connectivity index (χ3n) is 2.86. The first-order valence-electron chi connectivity index (χ1n) is 5.83. The molecule has 0 aliphatic heterocycles. The van der Waals surface area contributed by atoms with Gasteiger partial charge in [0.25, 0.3) is 5.56 Å². The molecule has 0 aliphatic rings. The van der Waals surface area contributed by atoms with Crippen LogP contribution in [0.15, 0.2) is 23.3 Å². The van der Waals surface area contributed by atoms with Crippen molar-refractivity contribution in [1.29, 1.82) is 0 Å². The van der Waals surface area contributed by atoms with Crippen LogP contribution >= 0.6 is 0 Å². The molecule has 0 spiro atoms. The number of primary amides is 1. The van der Waals surface area contributed by atoms with E-state index < -0.39 is 5.91 Å². The maximum atomic E-state index is 11.6. The third kappa shape index (κ3) is 2.49. The second-order valence-corrected chi connectivity index (χ2v) is 4.14. The Hall–Kier alpha value is -2.57. The quantitative estimate of drug-likeness (QED) is 0.659. The van der Waals surface area contributed by atoms with Crippen LogP contribution < -0.4 is 21.9 Å². The van der Waals surface area contributed by atoms with E-state index in [2.05, 4.69) is 9.97 Å². The first-order valence-corrected chi connectivity index (χ1v) is 5.83. The Kier molecular flexibility index (Phi) is 3.37. The van der Waals surface area contributed by atoms with Gasteiger partial charge < -0.3 is 21.4 Å².